The Balaban J connectivity index is 1.99. The van der Waals surface area contributed by atoms with Gasteiger partial charge in [-0.15, -0.1) is 0 Å². The fraction of sp³-hybridized carbons (Fsp3) is 0. The van der Waals surface area contributed by atoms with E-state index < -0.39 is 0 Å². The van der Waals surface area contributed by atoms with Crippen molar-refractivity contribution in [3.8, 4) is 29.1 Å². The number of nitriles is 1. The van der Waals surface area contributed by atoms with Gasteiger partial charge in [-0.05, 0) is 12.1 Å². The molecule has 3 aromatic rings. The summed E-state index contributed by atoms with van der Waals surface area (Å²) in [6.45, 7) is 0. The minimum atomic E-state index is 0.276. The molecule has 22 heavy (non-hydrogen) atoms. The molecule has 0 radical (unpaired) electrons. The van der Waals surface area contributed by atoms with Crippen LogP contribution in [0.5, 0.6) is 11.6 Å². The van der Waals surface area contributed by atoms with Gasteiger partial charge in [0, 0.05) is 11.6 Å². The van der Waals surface area contributed by atoms with Gasteiger partial charge in [0.05, 0.1) is 5.56 Å². The summed E-state index contributed by atoms with van der Waals surface area (Å²) in [4.78, 5) is 8.54. The lowest BCUT2D eigenvalue weighted by molar-refractivity contribution is 0.461. The van der Waals surface area contributed by atoms with E-state index >= 15 is 0 Å². The van der Waals surface area contributed by atoms with Gasteiger partial charge in [-0.25, -0.2) is 4.98 Å². The second-order valence-corrected chi connectivity index (χ2v) is 4.82. The first-order valence-corrected chi connectivity index (χ1v) is 6.91. The van der Waals surface area contributed by atoms with E-state index in [9.17, 15) is 0 Å². The lowest BCUT2D eigenvalue weighted by Gasteiger charge is -2.08. The quantitative estimate of drug-likeness (QED) is 0.670. The Morgan fingerprint density at radius 3 is 2.45 bits per heavy atom. The molecule has 0 fully saturated rings. The average Bonchev–Trinajstić information content (AvgIpc) is 2.56. The molecular formula is C17H10ClN3O. The SMILES string of the molecule is N#Cc1ccccc1Oc1cc(Cl)nc(-c2ccccc2)n1. The van der Waals surface area contributed by atoms with Crippen LogP contribution >= 0.6 is 11.6 Å². The van der Waals surface area contributed by atoms with Gasteiger partial charge in [-0.2, -0.15) is 10.2 Å². The monoisotopic (exact) mass is 307 g/mol. The number of hydrogen-bond acceptors (Lipinski definition) is 4. The maximum absolute atomic E-state index is 9.09. The Bertz CT molecular complexity index is 844. The second kappa shape index (κ2) is 6.25. The zero-order chi connectivity index (χ0) is 15.4. The minimum Gasteiger partial charge on any atom is -0.437 e. The molecule has 0 aliphatic rings. The molecule has 0 atom stereocenters. The van der Waals surface area contributed by atoms with E-state index in [2.05, 4.69) is 16.0 Å². The summed E-state index contributed by atoms with van der Waals surface area (Å²) in [6, 6.07) is 20.0. The normalized spacial score (nSPS) is 10.0. The molecule has 0 aliphatic carbocycles. The predicted octanol–water partition coefficient (Wildman–Crippen LogP) is 4.46. The molecule has 106 valence electrons. The molecule has 0 saturated carbocycles. The van der Waals surface area contributed by atoms with Crippen molar-refractivity contribution >= 4 is 11.6 Å². The third-order valence-electron chi connectivity index (χ3n) is 2.93. The van der Waals surface area contributed by atoms with E-state index in [-0.39, 0.29) is 5.15 Å². The lowest BCUT2D eigenvalue weighted by Crippen LogP contribution is -1.95. The minimum absolute atomic E-state index is 0.276. The standard InChI is InChI=1S/C17H10ClN3O/c18-15-10-16(22-14-9-5-4-8-13(14)11-19)21-17(20-15)12-6-2-1-3-7-12/h1-10H. The van der Waals surface area contributed by atoms with Gasteiger partial charge < -0.3 is 4.74 Å². The van der Waals surface area contributed by atoms with Crippen LogP contribution in [-0.2, 0) is 0 Å². The molecule has 0 bridgehead atoms. The van der Waals surface area contributed by atoms with Crippen molar-refractivity contribution in [3.05, 3.63) is 71.4 Å². The fourth-order valence-corrected chi connectivity index (χ4v) is 2.10. The number of halogens is 1. The van der Waals surface area contributed by atoms with E-state index in [1.165, 1.54) is 6.07 Å². The van der Waals surface area contributed by atoms with E-state index in [4.69, 9.17) is 21.6 Å². The summed E-state index contributed by atoms with van der Waals surface area (Å²) in [5, 5.41) is 9.37. The third-order valence-corrected chi connectivity index (χ3v) is 3.12. The van der Waals surface area contributed by atoms with E-state index in [1.807, 2.05) is 30.3 Å². The Morgan fingerprint density at radius 1 is 0.955 bits per heavy atom. The van der Waals surface area contributed by atoms with Gasteiger partial charge in [0.2, 0.25) is 5.88 Å². The summed E-state index contributed by atoms with van der Waals surface area (Å²) >= 11 is 6.04. The number of benzene rings is 2. The summed E-state index contributed by atoms with van der Waals surface area (Å²) in [5.74, 6) is 1.19. The van der Waals surface area contributed by atoms with Crippen LogP contribution in [-0.4, -0.2) is 9.97 Å². The van der Waals surface area contributed by atoms with Crippen molar-refractivity contribution in [3.63, 3.8) is 0 Å². The zero-order valence-electron chi connectivity index (χ0n) is 11.4. The third kappa shape index (κ3) is 3.05. The van der Waals surface area contributed by atoms with E-state index in [0.29, 0.717) is 23.0 Å². The van der Waals surface area contributed by atoms with Gasteiger partial charge in [-0.1, -0.05) is 54.1 Å². The molecule has 0 spiro atoms. The zero-order valence-corrected chi connectivity index (χ0v) is 12.2. The lowest BCUT2D eigenvalue weighted by atomic mass is 10.2. The number of hydrogen-bond donors (Lipinski definition) is 0. The van der Waals surface area contributed by atoms with Gasteiger partial charge in [0.1, 0.15) is 17.0 Å². The largest absolute Gasteiger partial charge is 0.437 e. The summed E-state index contributed by atoms with van der Waals surface area (Å²) in [7, 11) is 0. The van der Waals surface area contributed by atoms with Crippen molar-refractivity contribution in [2.45, 2.75) is 0 Å². The smallest absolute Gasteiger partial charge is 0.224 e. The average molecular weight is 308 g/mol. The number of nitrogens with zero attached hydrogens (tertiary/aromatic N) is 3. The van der Waals surface area contributed by atoms with Crippen LogP contribution in [0.2, 0.25) is 5.15 Å². The maximum Gasteiger partial charge on any atom is 0.224 e. The van der Waals surface area contributed by atoms with Gasteiger partial charge >= 0.3 is 0 Å². The molecule has 0 amide bonds. The van der Waals surface area contributed by atoms with Crippen LogP contribution in [0.15, 0.2) is 60.7 Å². The highest BCUT2D eigenvalue weighted by molar-refractivity contribution is 6.29. The van der Waals surface area contributed by atoms with Gasteiger partial charge in [-0.3, -0.25) is 0 Å². The first-order chi connectivity index (χ1) is 10.8. The van der Waals surface area contributed by atoms with Gasteiger partial charge in [0.25, 0.3) is 0 Å². The molecule has 2 aromatic carbocycles. The summed E-state index contributed by atoms with van der Waals surface area (Å²) in [5.41, 5.74) is 1.27. The molecule has 1 heterocycles. The molecule has 1 aromatic heterocycles. The number of ether oxygens (including phenoxy) is 1. The first kappa shape index (κ1) is 14.1. The number of rotatable bonds is 3. The topological polar surface area (TPSA) is 58.8 Å². The fourth-order valence-electron chi connectivity index (χ4n) is 1.93. The predicted molar refractivity (Wildman–Crippen MR) is 83.7 cm³/mol. The van der Waals surface area contributed by atoms with Crippen molar-refractivity contribution in [1.82, 2.24) is 9.97 Å². The van der Waals surface area contributed by atoms with E-state index in [1.54, 1.807) is 24.3 Å². The highest BCUT2D eigenvalue weighted by Crippen LogP contribution is 2.27. The Morgan fingerprint density at radius 2 is 1.68 bits per heavy atom. The van der Waals surface area contributed by atoms with Crippen molar-refractivity contribution < 1.29 is 4.74 Å². The highest BCUT2D eigenvalue weighted by atomic mass is 35.5. The molecule has 0 unspecified atom stereocenters. The number of aromatic nitrogens is 2. The summed E-state index contributed by atoms with van der Waals surface area (Å²) < 4.78 is 5.69. The van der Waals surface area contributed by atoms with Crippen molar-refractivity contribution in [2.75, 3.05) is 0 Å². The molecule has 3 rings (SSSR count). The molecule has 0 saturated heterocycles. The van der Waals surface area contributed by atoms with Crippen LogP contribution in [0.1, 0.15) is 5.56 Å². The summed E-state index contributed by atoms with van der Waals surface area (Å²) in [6.07, 6.45) is 0. The Kier molecular flexibility index (Phi) is 3.99. The van der Waals surface area contributed by atoms with Gasteiger partial charge in [0.15, 0.2) is 5.82 Å². The maximum atomic E-state index is 9.09. The Labute approximate surface area is 132 Å². The molecule has 4 nitrogen and oxygen atoms in total. The second-order valence-electron chi connectivity index (χ2n) is 4.43. The van der Waals surface area contributed by atoms with Crippen LogP contribution < -0.4 is 4.74 Å². The first-order valence-electron chi connectivity index (χ1n) is 6.53. The van der Waals surface area contributed by atoms with Crippen LogP contribution in [0.4, 0.5) is 0 Å². The molecule has 0 N–H and O–H groups in total. The number of para-hydroxylation sites is 1. The van der Waals surface area contributed by atoms with Crippen LogP contribution in [0.25, 0.3) is 11.4 Å². The highest BCUT2D eigenvalue weighted by Gasteiger charge is 2.09. The van der Waals surface area contributed by atoms with Crippen molar-refractivity contribution in [1.29, 1.82) is 5.26 Å². The van der Waals surface area contributed by atoms with Crippen LogP contribution in [0, 0.1) is 11.3 Å². The van der Waals surface area contributed by atoms with Crippen LogP contribution in [0.3, 0.4) is 0 Å². The molecular weight excluding hydrogens is 298 g/mol. The van der Waals surface area contributed by atoms with Crippen molar-refractivity contribution in [2.24, 2.45) is 0 Å². The van der Waals surface area contributed by atoms with E-state index in [0.717, 1.165) is 5.56 Å². The molecule has 5 heteroatoms. The molecule has 0 aliphatic heterocycles. The Hall–Kier alpha value is -2.90.